The number of ether oxygens (including phenoxy) is 2. The van der Waals surface area contributed by atoms with Gasteiger partial charge in [0.05, 0.1) is 18.7 Å². The summed E-state index contributed by atoms with van der Waals surface area (Å²) in [6.45, 7) is 1.27. The molecule has 1 aliphatic heterocycles. The molecule has 1 atom stereocenters. The Bertz CT molecular complexity index is 1310. The van der Waals surface area contributed by atoms with Crippen LogP contribution in [-0.2, 0) is 14.4 Å². The van der Waals surface area contributed by atoms with Crippen LogP contribution in [0, 0.1) is 0 Å². The quantitative estimate of drug-likeness (QED) is 0.185. The Hall–Kier alpha value is -4.10. The van der Waals surface area contributed by atoms with Gasteiger partial charge in [0.1, 0.15) is 17.3 Å². The first-order chi connectivity index (χ1) is 16.3. The first-order valence-electron chi connectivity index (χ1n) is 10.3. The van der Waals surface area contributed by atoms with E-state index in [4.69, 9.17) is 21.1 Å². The van der Waals surface area contributed by atoms with Crippen molar-refractivity contribution in [1.82, 2.24) is 0 Å². The maximum atomic E-state index is 13.2. The van der Waals surface area contributed by atoms with Crippen LogP contribution in [0.1, 0.15) is 24.1 Å². The molecule has 1 unspecified atom stereocenters. The summed E-state index contributed by atoms with van der Waals surface area (Å²) in [4.78, 5) is 39.2. The number of carbonyl (C=O) groups excluding carboxylic acids is 3. The third-order valence-electron chi connectivity index (χ3n) is 5.33. The molecule has 1 N–H and O–H groups in total. The van der Waals surface area contributed by atoms with E-state index in [-0.39, 0.29) is 17.1 Å². The van der Waals surface area contributed by atoms with Crippen LogP contribution in [0.3, 0.4) is 0 Å². The van der Waals surface area contributed by atoms with Gasteiger partial charge < -0.3 is 14.6 Å². The van der Waals surface area contributed by atoms with Crippen molar-refractivity contribution in [3.63, 3.8) is 0 Å². The number of Topliss-reactive ketones (excluding diaryl/α,β-unsaturated/α-hetero) is 1. The molecule has 34 heavy (non-hydrogen) atoms. The average Bonchev–Trinajstić information content (AvgIpc) is 3.09. The zero-order valence-corrected chi connectivity index (χ0v) is 19.1. The average molecular weight is 478 g/mol. The molecule has 0 bridgehead atoms. The van der Waals surface area contributed by atoms with E-state index in [1.54, 1.807) is 72.8 Å². The molecule has 3 aromatic carbocycles. The SMILES string of the molecule is COc1cccc(N2C(=O)C(=O)/C(=C(/O)c3ccc(Cl)cc3)C2c2cccc(OC(C)=O)c2)c1. The lowest BCUT2D eigenvalue weighted by atomic mass is 9.95. The molecule has 8 heteroatoms. The molecule has 4 rings (SSSR count). The molecule has 1 fully saturated rings. The number of carbonyl (C=O) groups is 3. The van der Waals surface area contributed by atoms with Crippen molar-refractivity contribution >= 4 is 40.7 Å². The van der Waals surface area contributed by atoms with Crippen LogP contribution in [0.15, 0.2) is 78.4 Å². The molecule has 0 aromatic heterocycles. The Morgan fingerprint density at radius 3 is 2.32 bits per heavy atom. The molecular formula is C26H20ClNO6. The molecule has 1 aliphatic rings. The van der Waals surface area contributed by atoms with Crippen LogP contribution in [0.5, 0.6) is 11.5 Å². The minimum absolute atomic E-state index is 0.102. The largest absolute Gasteiger partial charge is 0.507 e. The van der Waals surface area contributed by atoms with Crippen molar-refractivity contribution in [3.8, 4) is 11.5 Å². The van der Waals surface area contributed by atoms with Crippen molar-refractivity contribution in [2.75, 3.05) is 12.0 Å². The number of ketones is 1. The van der Waals surface area contributed by atoms with E-state index in [0.29, 0.717) is 27.6 Å². The fourth-order valence-electron chi connectivity index (χ4n) is 3.85. The van der Waals surface area contributed by atoms with Crippen LogP contribution in [0.2, 0.25) is 5.02 Å². The number of esters is 1. The lowest BCUT2D eigenvalue weighted by molar-refractivity contribution is -0.132. The summed E-state index contributed by atoms with van der Waals surface area (Å²) < 4.78 is 10.5. The van der Waals surface area contributed by atoms with Crippen molar-refractivity contribution in [3.05, 3.63) is 94.5 Å². The van der Waals surface area contributed by atoms with Crippen molar-refractivity contribution < 1.29 is 29.0 Å². The third kappa shape index (κ3) is 4.38. The molecule has 1 heterocycles. The number of methoxy groups -OCH3 is 1. The number of aliphatic hydroxyl groups excluding tert-OH is 1. The van der Waals surface area contributed by atoms with Crippen molar-refractivity contribution in [2.45, 2.75) is 13.0 Å². The molecule has 0 saturated carbocycles. The highest BCUT2D eigenvalue weighted by atomic mass is 35.5. The van der Waals surface area contributed by atoms with E-state index in [1.165, 1.54) is 18.9 Å². The summed E-state index contributed by atoms with van der Waals surface area (Å²) in [5.74, 6) is -1.79. The predicted molar refractivity (Wildman–Crippen MR) is 127 cm³/mol. The fraction of sp³-hybridized carbons (Fsp3) is 0.115. The van der Waals surface area contributed by atoms with Gasteiger partial charge in [0.2, 0.25) is 0 Å². The van der Waals surface area contributed by atoms with Gasteiger partial charge in [-0.1, -0.05) is 29.8 Å². The monoisotopic (exact) mass is 477 g/mol. The van der Waals surface area contributed by atoms with Gasteiger partial charge in [-0.05, 0) is 54.1 Å². The number of amides is 1. The van der Waals surface area contributed by atoms with E-state index >= 15 is 0 Å². The Balaban J connectivity index is 1.94. The number of benzene rings is 3. The molecule has 0 aliphatic carbocycles. The lowest BCUT2D eigenvalue weighted by Gasteiger charge is -2.26. The summed E-state index contributed by atoms with van der Waals surface area (Å²) in [5.41, 5.74) is 1.10. The number of rotatable bonds is 5. The van der Waals surface area contributed by atoms with Gasteiger partial charge in [-0.25, -0.2) is 0 Å². The first-order valence-corrected chi connectivity index (χ1v) is 10.7. The number of hydrogen-bond donors (Lipinski definition) is 1. The maximum Gasteiger partial charge on any atom is 0.308 e. The van der Waals surface area contributed by atoms with Crippen LogP contribution in [0.25, 0.3) is 5.76 Å². The van der Waals surface area contributed by atoms with Gasteiger partial charge in [0.15, 0.2) is 0 Å². The zero-order valence-electron chi connectivity index (χ0n) is 18.3. The zero-order chi connectivity index (χ0) is 24.4. The van der Waals surface area contributed by atoms with Gasteiger partial charge in [-0.3, -0.25) is 19.3 Å². The Kier molecular flexibility index (Phi) is 6.38. The number of anilines is 1. The maximum absolute atomic E-state index is 13.2. The van der Waals surface area contributed by atoms with Gasteiger partial charge in [0.25, 0.3) is 11.7 Å². The van der Waals surface area contributed by atoms with Crippen molar-refractivity contribution in [1.29, 1.82) is 0 Å². The molecule has 1 saturated heterocycles. The highest BCUT2D eigenvalue weighted by molar-refractivity contribution is 6.51. The van der Waals surface area contributed by atoms with E-state index < -0.39 is 23.7 Å². The van der Waals surface area contributed by atoms with Gasteiger partial charge >= 0.3 is 5.97 Å². The second-order valence-corrected chi connectivity index (χ2v) is 7.98. The Labute approximate surface area is 200 Å². The predicted octanol–water partition coefficient (Wildman–Crippen LogP) is 4.90. The number of aliphatic hydroxyl groups is 1. The minimum atomic E-state index is -0.988. The summed E-state index contributed by atoms with van der Waals surface area (Å²) in [6.07, 6.45) is 0. The summed E-state index contributed by atoms with van der Waals surface area (Å²) in [5, 5.41) is 11.6. The molecule has 0 spiro atoms. The van der Waals surface area contributed by atoms with Gasteiger partial charge in [-0.2, -0.15) is 0 Å². The van der Waals surface area contributed by atoms with E-state index in [2.05, 4.69) is 0 Å². The normalized spacial score (nSPS) is 17.0. The van der Waals surface area contributed by atoms with Crippen LogP contribution >= 0.6 is 11.6 Å². The molecule has 3 aromatic rings. The van der Waals surface area contributed by atoms with Crippen LogP contribution in [0.4, 0.5) is 5.69 Å². The fourth-order valence-corrected chi connectivity index (χ4v) is 3.98. The molecule has 7 nitrogen and oxygen atoms in total. The summed E-state index contributed by atoms with van der Waals surface area (Å²) >= 11 is 5.96. The van der Waals surface area contributed by atoms with E-state index in [1.807, 2.05) is 0 Å². The highest BCUT2D eigenvalue weighted by Gasteiger charge is 2.47. The Morgan fingerprint density at radius 1 is 0.971 bits per heavy atom. The third-order valence-corrected chi connectivity index (χ3v) is 5.58. The van der Waals surface area contributed by atoms with E-state index in [9.17, 15) is 19.5 Å². The number of nitrogens with zero attached hydrogens (tertiary/aromatic N) is 1. The summed E-state index contributed by atoms with van der Waals surface area (Å²) in [7, 11) is 1.49. The summed E-state index contributed by atoms with van der Waals surface area (Å²) in [6, 6.07) is 18.4. The molecule has 172 valence electrons. The Morgan fingerprint density at radius 2 is 1.65 bits per heavy atom. The second kappa shape index (κ2) is 9.41. The molecular weight excluding hydrogens is 458 g/mol. The number of hydrogen-bond acceptors (Lipinski definition) is 6. The topological polar surface area (TPSA) is 93.1 Å². The minimum Gasteiger partial charge on any atom is -0.507 e. The van der Waals surface area contributed by atoms with E-state index in [0.717, 1.165) is 0 Å². The van der Waals surface area contributed by atoms with Crippen LogP contribution in [-0.4, -0.2) is 29.9 Å². The van der Waals surface area contributed by atoms with Gasteiger partial charge in [-0.15, -0.1) is 0 Å². The lowest BCUT2D eigenvalue weighted by Crippen LogP contribution is -2.29. The highest BCUT2D eigenvalue weighted by Crippen LogP contribution is 2.43. The smallest absolute Gasteiger partial charge is 0.308 e. The second-order valence-electron chi connectivity index (χ2n) is 7.54. The number of halogens is 1. The van der Waals surface area contributed by atoms with Crippen LogP contribution < -0.4 is 14.4 Å². The standard InChI is InChI=1S/C26H20ClNO6/c1-15(29)34-21-8-3-5-17(13-21)23-22(24(30)16-9-11-18(27)12-10-16)25(31)26(32)28(23)19-6-4-7-20(14-19)33-2/h3-14,23,30H,1-2H3/b24-22+. The first kappa shape index (κ1) is 23.1. The van der Waals surface area contributed by atoms with Gasteiger partial charge in [0, 0.05) is 29.3 Å². The van der Waals surface area contributed by atoms with Crippen molar-refractivity contribution in [2.24, 2.45) is 0 Å². The molecule has 0 radical (unpaired) electrons. The molecule has 1 amide bonds.